The van der Waals surface area contributed by atoms with Gasteiger partial charge in [0.15, 0.2) is 0 Å². The first-order valence-corrected chi connectivity index (χ1v) is 20.3. The molecule has 0 aliphatic carbocycles. The first-order valence-electron chi connectivity index (χ1n) is 20.3. The molecular formula is C58H39N. The SMILES string of the molecule is c1ccc(-c2ccc(N(c3ccc(-c4ccc(-c5ccc6ccccc6c5)cc4)cc3)c3cccc(-c4cccc5c4ccc4ccccc45)c3)c3ccccc23)cc1. The minimum absolute atomic E-state index is 1.10. The minimum atomic E-state index is 1.10. The van der Waals surface area contributed by atoms with Crippen LogP contribution >= 0.6 is 0 Å². The van der Waals surface area contributed by atoms with Crippen LogP contribution in [0.5, 0.6) is 0 Å². The zero-order valence-corrected chi connectivity index (χ0v) is 32.5. The smallest absolute Gasteiger partial charge is 0.0540 e. The first-order chi connectivity index (χ1) is 29.2. The van der Waals surface area contributed by atoms with Crippen molar-refractivity contribution in [3.63, 3.8) is 0 Å². The van der Waals surface area contributed by atoms with E-state index >= 15 is 0 Å². The molecule has 0 saturated heterocycles. The average Bonchev–Trinajstić information content (AvgIpc) is 3.32. The highest BCUT2D eigenvalue weighted by molar-refractivity contribution is 6.12. The van der Waals surface area contributed by atoms with Crippen LogP contribution in [0.2, 0.25) is 0 Å². The molecule has 0 aliphatic rings. The van der Waals surface area contributed by atoms with Gasteiger partial charge in [-0.3, -0.25) is 0 Å². The molecule has 0 fully saturated rings. The summed E-state index contributed by atoms with van der Waals surface area (Å²) in [6, 6.07) is 86.3. The van der Waals surface area contributed by atoms with Crippen LogP contribution in [0.4, 0.5) is 17.1 Å². The summed E-state index contributed by atoms with van der Waals surface area (Å²) in [5.74, 6) is 0. The third-order valence-corrected chi connectivity index (χ3v) is 11.9. The zero-order chi connectivity index (χ0) is 39.1. The van der Waals surface area contributed by atoms with Gasteiger partial charge in [-0.2, -0.15) is 0 Å². The molecule has 11 rings (SSSR count). The van der Waals surface area contributed by atoms with Gasteiger partial charge in [0.1, 0.15) is 0 Å². The summed E-state index contributed by atoms with van der Waals surface area (Å²) >= 11 is 0. The Labute approximate surface area is 344 Å². The van der Waals surface area contributed by atoms with Gasteiger partial charge in [0.05, 0.1) is 5.69 Å². The van der Waals surface area contributed by atoms with Gasteiger partial charge in [0.2, 0.25) is 0 Å². The average molecular weight is 750 g/mol. The third-order valence-electron chi connectivity index (χ3n) is 11.9. The highest BCUT2D eigenvalue weighted by Gasteiger charge is 2.19. The van der Waals surface area contributed by atoms with E-state index in [4.69, 9.17) is 0 Å². The molecule has 0 radical (unpaired) electrons. The minimum Gasteiger partial charge on any atom is -0.310 e. The monoisotopic (exact) mass is 749 g/mol. The molecule has 0 N–H and O–H groups in total. The normalized spacial score (nSPS) is 11.4. The van der Waals surface area contributed by atoms with Crippen LogP contribution in [-0.4, -0.2) is 0 Å². The highest BCUT2D eigenvalue weighted by Crippen LogP contribution is 2.44. The van der Waals surface area contributed by atoms with Crippen LogP contribution < -0.4 is 4.90 Å². The van der Waals surface area contributed by atoms with Crippen molar-refractivity contribution in [1.82, 2.24) is 0 Å². The van der Waals surface area contributed by atoms with Gasteiger partial charge in [-0.15, -0.1) is 0 Å². The molecule has 0 spiro atoms. The van der Waals surface area contributed by atoms with E-state index in [0.29, 0.717) is 0 Å². The molecule has 0 aliphatic heterocycles. The van der Waals surface area contributed by atoms with E-state index in [1.807, 2.05) is 0 Å². The fraction of sp³-hybridized carbons (Fsp3) is 0. The van der Waals surface area contributed by atoms with Gasteiger partial charge >= 0.3 is 0 Å². The number of hydrogen-bond acceptors (Lipinski definition) is 1. The van der Waals surface area contributed by atoms with E-state index in [2.05, 4.69) is 241 Å². The van der Waals surface area contributed by atoms with E-state index in [1.165, 1.54) is 87.6 Å². The topological polar surface area (TPSA) is 3.24 Å². The molecule has 11 aromatic rings. The van der Waals surface area contributed by atoms with Crippen molar-refractivity contribution >= 4 is 60.2 Å². The maximum absolute atomic E-state index is 2.42. The predicted octanol–water partition coefficient (Wildman–Crippen LogP) is 16.4. The summed E-state index contributed by atoms with van der Waals surface area (Å²) < 4.78 is 0. The number of benzene rings is 11. The van der Waals surface area contributed by atoms with Crippen molar-refractivity contribution in [2.45, 2.75) is 0 Å². The zero-order valence-electron chi connectivity index (χ0n) is 32.5. The van der Waals surface area contributed by atoms with Gasteiger partial charge in [-0.1, -0.05) is 200 Å². The van der Waals surface area contributed by atoms with Gasteiger partial charge in [-0.05, 0) is 119 Å². The molecule has 0 saturated carbocycles. The Balaban J connectivity index is 1.02. The van der Waals surface area contributed by atoms with E-state index in [-0.39, 0.29) is 0 Å². The lowest BCUT2D eigenvalue weighted by molar-refractivity contribution is 1.30. The summed E-state index contributed by atoms with van der Waals surface area (Å²) in [5, 5.41) is 10.00. The lowest BCUT2D eigenvalue weighted by Gasteiger charge is -2.28. The van der Waals surface area contributed by atoms with Gasteiger partial charge < -0.3 is 4.90 Å². The summed E-state index contributed by atoms with van der Waals surface area (Å²) in [7, 11) is 0. The Bertz CT molecular complexity index is 3310. The fourth-order valence-corrected chi connectivity index (χ4v) is 8.91. The molecule has 0 aromatic heterocycles. The Morgan fingerprint density at radius 2 is 0.763 bits per heavy atom. The summed E-state index contributed by atoms with van der Waals surface area (Å²) in [5.41, 5.74) is 13.0. The van der Waals surface area contributed by atoms with Crippen molar-refractivity contribution in [2.24, 2.45) is 0 Å². The maximum atomic E-state index is 2.42. The van der Waals surface area contributed by atoms with Crippen LogP contribution in [-0.2, 0) is 0 Å². The summed E-state index contributed by atoms with van der Waals surface area (Å²) in [6.07, 6.45) is 0. The Kier molecular flexibility index (Phi) is 8.56. The van der Waals surface area contributed by atoms with Gasteiger partial charge in [-0.25, -0.2) is 0 Å². The predicted molar refractivity (Wildman–Crippen MR) is 253 cm³/mol. The second-order valence-electron chi connectivity index (χ2n) is 15.3. The molecule has 1 nitrogen and oxygen atoms in total. The van der Waals surface area contributed by atoms with Crippen LogP contribution in [0.25, 0.3) is 87.6 Å². The van der Waals surface area contributed by atoms with Crippen molar-refractivity contribution < 1.29 is 0 Å². The van der Waals surface area contributed by atoms with E-state index < -0.39 is 0 Å². The summed E-state index contributed by atoms with van der Waals surface area (Å²) in [6.45, 7) is 0. The Hall–Kier alpha value is -7.74. The first kappa shape index (κ1) is 34.5. The van der Waals surface area contributed by atoms with Crippen LogP contribution in [0.1, 0.15) is 0 Å². The highest BCUT2D eigenvalue weighted by atomic mass is 15.1. The second-order valence-corrected chi connectivity index (χ2v) is 15.3. The number of nitrogens with zero attached hydrogens (tertiary/aromatic N) is 1. The number of rotatable bonds is 7. The maximum Gasteiger partial charge on any atom is 0.0540 e. The van der Waals surface area contributed by atoms with Gasteiger partial charge in [0.25, 0.3) is 0 Å². The van der Waals surface area contributed by atoms with Gasteiger partial charge in [0, 0.05) is 16.8 Å². The number of fused-ring (bicyclic) bond motifs is 5. The number of hydrogen-bond donors (Lipinski definition) is 0. The third kappa shape index (κ3) is 6.30. The molecule has 0 amide bonds. The fourth-order valence-electron chi connectivity index (χ4n) is 8.91. The molecule has 59 heavy (non-hydrogen) atoms. The molecule has 1 heteroatoms. The lowest BCUT2D eigenvalue weighted by Crippen LogP contribution is -2.10. The molecule has 11 aromatic carbocycles. The van der Waals surface area contributed by atoms with Crippen LogP contribution in [0.15, 0.2) is 237 Å². The van der Waals surface area contributed by atoms with Crippen molar-refractivity contribution in [3.8, 4) is 44.5 Å². The van der Waals surface area contributed by atoms with Crippen LogP contribution in [0, 0.1) is 0 Å². The van der Waals surface area contributed by atoms with Crippen molar-refractivity contribution in [3.05, 3.63) is 237 Å². The molecule has 0 bridgehead atoms. The Morgan fingerprint density at radius 1 is 0.220 bits per heavy atom. The van der Waals surface area contributed by atoms with Crippen molar-refractivity contribution in [1.29, 1.82) is 0 Å². The second kappa shape index (κ2) is 14.6. The van der Waals surface area contributed by atoms with Crippen LogP contribution in [0.3, 0.4) is 0 Å². The largest absolute Gasteiger partial charge is 0.310 e. The molecular weight excluding hydrogens is 711 g/mol. The molecule has 0 unspecified atom stereocenters. The molecule has 0 atom stereocenters. The molecule has 0 heterocycles. The van der Waals surface area contributed by atoms with E-state index in [9.17, 15) is 0 Å². The van der Waals surface area contributed by atoms with E-state index in [1.54, 1.807) is 0 Å². The molecule has 276 valence electrons. The van der Waals surface area contributed by atoms with E-state index in [0.717, 1.165) is 17.1 Å². The number of anilines is 3. The quantitative estimate of drug-likeness (QED) is 0.147. The summed E-state index contributed by atoms with van der Waals surface area (Å²) in [4.78, 5) is 2.42. The van der Waals surface area contributed by atoms with Crippen molar-refractivity contribution in [2.75, 3.05) is 4.90 Å². The standard InChI is InChI=1S/C58H39N/c1-2-13-44(14-3-1)53-36-37-58(57-21-9-8-20-55(53)57)59(50-18-10-17-48(39-50)52-22-11-23-54-51-19-7-6-15-45(51)32-35-56(52)54)49-33-30-42(31-34-49)41-24-26-43(27-25-41)47-29-28-40-12-4-5-16-46(40)38-47/h1-39H. The Morgan fingerprint density at radius 3 is 1.56 bits per heavy atom. The lowest BCUT2D eigenvalue weighted by atomic mass is 9.94.